The summed E-state index contributed by atoms with van der Waals surface area (Å²) in [5.74, 6) is 1.16. The molecule has 0 atom stereocenters. The van der Waals surface area contributed by atoms with Gasteiger partial charge in [0.2, 0.25) is 11.9 Å². The summed E-state index contributed by atoms with van der Waals surface area (Å²) in [5, 5.41) is 5.95. The maximum absolute atomic E-state index is 12.0. The maximum Gasteiger partial charge on any atom is 0.241 e. The van der Waals surface area contributed by atoms with Crippen LogP contribution in [0.25, 0.3) is 11.2 Å². The number of hydrogen-bond donors (Lipinski definition) is 3. The SMILES string of the molecule is CNc1nc(NCC(=O)N2CCCC2)c2[nH]cnc2n1. The number of nitrogens with one attached hydrogen (secondary N) is 3. The normalized spacial score (nSPS) is 14.8. The number of rotatable bonds is 4. The lowest BCUT2D eigenvalue weighted by Gasteiger charge is -2.15. The molecule has 3 rings (SSSR count). The van der Waals surface area contributed by atoms with E-state index in [0.717, 1.165) is 25.9 Å². The van der Waals surface area contributed by atoms with Gasteiger partial charge in [0.15, 0.2) is 11.5 Å². The van der Waals surface area contributed by atoms with Crippen LogP contribution < -0.4 is 10.6 Å². The zero-order chi connectivity index (χ0) is 13.9. The molecule has 8 nitrogen and oxygen atoms in total. The lowest BCUT2D eigenvalue weighted by atomic mass is 10.4. The largest absolute Gasteiger partial charge is 0.359 e. The molecule has 2 aromatic rings. The number of nitrogens with zero attached hydrogens (tertiary/aromatic N) is 4. The quantitative estimate of drug-likeness (QED) is 0.748. The minimum Gasteiger partial charge on any atom is -0.359 e. The van der Waals surface area contributed by atoms with Crippen molar-refractivity contribution in [2.45, 2.75) is 12.8 Å². The van der Waals surface area contributed by atoms with E-state index in [0.29, 0.717) is 22.9 Å². The summed E-state index contributed by atoms with van der Waals surface area (Å²) in [6.45, 7) is 1.94. The number of aromatic amines is 1. The van der Waals surface area contributed by atoms with Crippen molar-refractivity contribution >= 4 is 28.8 Å². The Kier molecular flexibility index (Phi) is 3.36. The predicted octanol–water partition coefficient (Wildman–Crippen LogP) is 0.429. The summed E-state index contributed by atoms with van der Waals surface area (Å²) < 4.78 is 0. The van der Waals surface area contributed by atoms with E-state index in [-0.39, 0.29) is 12.5 Å². The number of aromatic nitrogens is 4. The van der Waals surface area contributed by atoms with Gasteiger partial charge in [-0.2, -0.15) is 9.97 Å². The maximum atomic E-state index is 12.0. The van der Waals surface area contributed by atoms with E-state index in [9.17, 15) is 4.79 Å². The molecule has 3 heterocycles. The second-order valence-electron chi connectivity index (χ2n) is 4.69. The van der Waals surface area contributed by atoms with Gasteiger partial charge in [-0.3, -0.25) is 4.79 Å². The van der Waals surface area contributed by atoms with E-state index >= 15 is 0 Å². The lowest BCUT2D eigenvalue weighted by Crippen LogP contribution is -2.33. The van der Waals surface area contributed by atoms with Crippen LogP contribution in [0.3, 0.4) is 0 Å². The lowest BCUT2D eigenvalue weighted by molar-refractivity contribution is -0.128. The highest BCUT2D eigenvalue weighted by Crippen LogP contribution is 2.18. The molecule has 1 aliphatic heterocycles. The number of imidazole rings is 1. The van der Waals surface area contributed by atoms with Crippen LogP contribution in [-0.4, -0.2) is 57.4 Å². The average molecular weight is 275 g/mol. The van der Waals surface area contributed by atoms with Gasteiger partial charge in [0.05, 0.1) is 12.9 Å². The van der Waals surface area contributed by atoms with Gasteiger partial charge in [-0.25, -0.2) is 4.98 Å². The van der Waals surface area contributed by atoms with Crippen LogP contribution in [0.4, 0.5) is 11.8 Å². The summed E-state index contributed by atoms with van der Waals surface area (Å²) in [6, 6.07) is 0. The first kappa shape index (κ1) is 12.6. The molecule has 0 aromatic carbocycles. The molecule has 1 amide bonds. The van der Waals surface area contributed by atoms with E-state index in [2.05, 4.69) is 30.6 Å². The number of likely N-dealkylation sites (tertiary alicyclic amines) is 1. The fourth-order valence-corrected chi connectivity index (χ4v) is 2.31. The Morgan fingerprint density at radius 3 is 2.95 bits per heavy atom. The highest BCUT2D eigenvalue weighted by Gasteiger charge is 2.18. The van der Waals surface area contributed by atoms with Gasteiger partial charge in [-0.05, 0) is 12.8 Å². The minimum absolute atomic E-state index is 0.0970. The highest BCUT2D eigenvalue weighted by atomic mass is 16.2. The zero-order valence-electron chi connectivity index (χ0n) is 11.3. The molecular formula is C12H17N7O. The minimum atomic E-state index is 0.0970. The monoisotopic (exact) mass is 275 g/mol. The van der Waals surface area contributed by atoms with Crippen LogP contribution in [0.2, 0.25) is 0 Å². The third-order valence-corrected chi connectivity index (χ3v) is 3.38. The molecule has 1 fully saturated rings. The van der Waals surface area contributed by atoms with Crippen LogP contribution in [0, 0.1) is 0 Å². The Bertz CT molecular complexity index is 617. The van der Waals surface area contributed by atoms with Crippen LogP contribution in [0.1, 0.15) is 12.8 Å². The second-order valence-corrected chi connectivity index (χ2v) is 4.69. The van der Waals surface area contributed by atoms with Gasteiger partial charge in [0.25, 0.3) is 0 Å². The third-order valence-electron chi connectivity index (χ3n) is 3.38. The molecule has 1 saturated heterocycles. The number of carbonyl (C=O) groups is 1. The van der Waals surface area contributed by atoms with Gasteiger partial charge in [-0.15, -0.1) is 0 Å². The van der Waals surface area contributed by atoms with Gasteiger partial charge in [-0.1, -0.05) is 0 Å². The van der Waals surface area contributed by atoms with Gasteiger partial charge in [0.1, 0.15) is 5.52 Å². The standard InChI is InChI=1S/C12H17N7O/c1-13-12-17-10(9-11(18-12)16-7-15-9)14-6-8(20)19-4-2-3-5-19/h7H,2-6H2,1H3,(H3,13,14,15,16,17,18). The Morgan fingerprint density at radius 2 is 2.20 bits per heavy atom. The van der Waals surface area contributed by atoms with E-state index in [1.54, 1.807) is 13.4 Å². The van der Waals surface area contributed by atoms with Crippen molar-refractivity contribution in [3.8, 4) is 0 Å². The molecule has 1 aliphatic rings. The van der Waals surface area contributed by atoms with E-state index < -0.39 is 0 Å². The first-order valence-electron chi connectivity index (χ1n) is 6.68. The molecule has 2 aromatic heterocycles. The average Bonchev–Trinajstić information content (AvgIpc) is 3.14. The first-order chi connectivity index (χ1) is 9.78. The first-order valence-corrected chi connectivity index (χ1v) is 6.68. The number of carbonyl (C=O) groups excluding carboxylic acids is 1. The molecule has 0 aliphatic carbocycles. The molecule has 8 heteroatoms. The summed E-state index contributed by atoms with van der Waals surface area (Å²) in [4.78, 5) is 29.5. The van der Waals surface area contributed by atoms with Crippen molar-refractivity contribution in [2.75, 3.05) is 37.3 Å². The molecule has 0 bridgehead atoms. The topological polar surface area (TPSA) is 98.8 Å². The summed E-state index contributed by atoms with van der Waals surface area (Å²) in [7, 11) is 1.74. The van der Waals surface area contributed by atoms with Crippen LogP contribution in [0.15, 0.2) is 6.33 Å². The van der Waals surface area contributed by atoms with Crippen molar-refractivity contribution in [1.82, 2.24) is 24.8 Å². The summed E-state index contributed by atoms with van der Waals surface area (Å²) in [6.07, 6.45) is 3.74. The second kappa shape index (κ2) is 5.32. The molecule has 0 saturated carbocycles. The van der Waals surface area contributed by atoms with Gasteiger partial charge in [0, 0.05) is 20.1 Å². The summed E-state index contributed by atoms with van der Waals surface area (Å²) in [5.41, 5.74) is 1.28. The molecule has 20 heavy (non-hydrogen) atoms. The number of fused-ring (bicyclic) bond motifs is 1. The zero-order valence-corrected chi connectivity index (χ0v) is 11.3. The summed E-state index contributed by atoms with van der Waals surface area (Å²) >= 11 is 0. The molecule has 0 unspecified atom stereocenters. The predicted molar refractivity (Wildman–Crippen MR) is 75.5 cm³/mol. The van der Waals surface area contributed by atoms with Crippen molar-refractivity contribution in [1.29, 1.82) is 0 Å². The number of H-pyrrole nitrogens is 1. The number of hydrogen-bond acceptors (Lipinski definition) is 6. The van der Waals surface area contributed by atoms with Crippen molar-refractivity contribution < 1.29 is 4.79 Å². The van der Waals surface area contributed by atoms with Gasteiger partial charge >= 0.3 is 0 Å². The smallest absolute Gasteiger partial charge is 0.241 e. The molecule has 106 valence electrons. The Morgan fingerprint density at radius 1 is 1.40 bits per heavy atom. The Balaban J connectivity index is 1.76. The van der Waals surface area contributed by atoms with E-state index in [1.807, 2.05) is 4.90 Å². The third kappa shape index (κ3) is 2.36. The van der Waals surface area contributed by atoms with Crippen LogP contribution in [0.5, 0.6) is 0 Å². The van der Waals surface area contributed by atoms with Crippen LogP contribution in [-0.2, 0) is 4.79 Å². The highest BCUT2D eigenvalue weighted by molar-refractivity contribution is 5.87. The van der Waals surface area contributed by atoms with Crippen molar-refractivity contribution in [3.05, 3.63) is 6.33 Å². The van der Waals surface area contributed by atoms with Gasteiger partial charge < -0.3 is 20.5 Å². The molecule has 0 spiro atoms. The van der Waals surface area contributed by atoms with Crippen molar-refractivity contribution in [2.24, 2.45) is 0 Å². The fourth-order valence-electron chi connectivity index (χ4n) is 2.31. The van der Waals surface area contributed by atoms with E-state index in [1.165, 1.54) is 0 Å². The number of amides is 1. The van der Waals surface area contributed by atoms with E-state index in [4.69, 9.17) is 0 Å². The Labute approximate surface area is 116 Å². The molecule has 3 N–H and O–H groups in total. The van der Waals surface area contributed by atoms with Crippen molar-refractivity contribution in [3.63, 3.8) is 0 Å². The molecule has 0 radical (unpaired) electrons. The fraction of sp³-hybridized carbons (Fsp3) is 0.500. The number of anilines is 2. The van der Waals surface area contributed by atoms with Crippen LogP contribution >= 0.6 is 0 Å². The Hall–Kier alpha value is -2.38. The molecular weight excluding hydrogens is 258 g/mol.